The zero-order valence-corrected chi connectivity index (χ0v) is 11.1. The summed E-state index contributed by atoms with van der Waals surface area (Å²) in [5, 5.41) is 8.97. The Labute approximate surface area is 106 Å². The molecule has 0 saturated carbocycles. The van der Waals surface area contributed by atoms with Crippen molar-refractivity contribution in [2.45, 2.75) is 18.7 Å². The SMILES string of the molecule is CC(C)(C#N)CNS(=O)(=O)c1ccccc1Cl. The number of nitrogens with one attached hydrogen (secondary N) is 1. The summed E-state index contributed by atoms with van der Waals surface area (Å²) < 4.78 is 26.2. The highest BCUT2D eigenvalue weighted by Crippen LogP contribution is 2.21. The Morgan fingerprint density at radius 1 is 1.41 bits per heavy atom. The Morgan fingerprint density at radius 3 is 2.53 bits per heavy atom. The van der Waals surface area contributed by atoms with Crippen LogP contribution in [0, 0.1) is 16.7 Å². The van der Waals surface area contributed by atoms with E-state index in [9.17, 15) is 8.42 Å². The standard InChI is InChI=1S/C11H13ClN2O2S/c1-11(2,7-13)8-14-17(15,16)10-6-4-3-5-9(10)12/h3-6,14H,8H2,1-2H3. The van der Waals surface area contributed by atoms with E-state index in [1.54, 1.807) is 26.0 Å². The van der Waals surface area contributed by atoms with Crippen molar-refractivity contribution in [3.8, 4) is 6.07 Å². The Morgan fingerprint density at radius 2 is 2.00 bits per heavy atom. The molecule has 92 valence electrons. The van der Waals surface area contributed by atoms with Gasteiger partial charge in [0.15, 0.2) is 0 Å². The highest BCUT2D eigenvalue weighted by Gasteiger charge is 2.23. The van der Waals surface area contributed by atoms with E-state index in [4.69, 9.17) is 16.9 Å². The summed E-state index contributed by atoms with van der Waals surface area (Å²) in [5.74, 6) is 0. The summed E-state index contributed by atoms with van der Waals surface area (Å²) in [7, 11) is -3.67. The van der Waals surface area contributed by atoms with Gasteiger partial charge in [0.2, 0.25) is 10.0 Å². The highest BCUT2D eigenvalue weighted by molar-refractivity contribution is 7.89. The third-order valence-electron chi connectivity index (χ3n) is 2.13. The molecule has 0 aliphatic heterocycles. The van der Waals surface area contributed by atoms with Crippen molar-refractivity contribution in [2.24, 2.45) is 5.41 Å². The molecule has 1 N–H and O–H groups in total. The first-order chi connectivity index (χ1) is 7.78. The van der Waals surface area contributed by atoms with Crippen LogP contribution in [-0.4, -0.2) is 15.0 Å². The molecule has 0 saturated heterocycles. The maximum atomic E-state index is 11.9. The number of hydrogen-bond donors (Lipinski definition) is 1. The van der Waals surface area contributed by atoms with Crippen molar-refractivity contribution in [2.75, 3.05) is 6.54 Å². The van der Waals surface area contributed by atoms with Crippen molar-refractivity contribution in [1.82, 2.24) is 4.72 Å². The van der Waals surface area contributed by atoms with E-state index >= 15 is 0 Å². The third-order valence-corrected chi connectivity index (χ3v) is 4.03. The van der Waals surface area contributed by atoms with Gasteiger partial charge in [-0.25, -0.2) is 13.1 Å². The van der Waals surface area contributed by atoms with Crippen LogP contribution in [0.3, 0.4) is 0 Å². The van der Waals surface area contributed by atoms with Crippen LogP contribution < -0.4 is 4.72 Å². The van der Waals surface area contributed by atoms with Gasteiger partial charge in [-0.3, -0.25) is 0 Å². The van der Waals surface area contributed by atoms with Crippen molar-refractivity contribution >= 4 is 21.6 Å². The normalized spacial score (nSPS) is 12.1. The quantitative estimate of drug-likeness (QED) is 0.913. The summed E-state index contributed by atoms with van der Waals surface area (Å²) in [6, 6.07) is 8.19. The second-order valence-electron chi connectivity index (χ2n) is 4.25. The monoisotopic (exact) mass is 272 g/mol. The van der Waals surface area contributed by atoms with E-state index in [-0.39, 0.29) is 16.5 Å². The van der Waals surface area contributed by atoms with Gasteiger partial charge in [0.1, 0.15) is 4.90 Å². The number of benzene rings is 1. The first-order valence-corrected chi connectivity index (χ1v) is 6.80. The molecule has 1 aromatic carbocycles. The average Bonchev–Trinajstić information content (AvgIpc) is 2.27. The number of sulfonamides is 1. The zero-order chi connectivity index (χ0) is 13.1. The van der Waals surface area contributed by atoms with Crippen LogP contribution in [0.2, 0.25) is 5.02 Å². The Bertz CT molecular complexity index is 547. The van der Waals surface area contributed by atoms with E-state index in [2.05, 4.69) is 4.72 Å². The second kappa shape index (κ2) is 5.05. The molecule has 17 heavy (non-hydrogen) atoms. The van der Waals surface area contributed by atoms with E-state index < -0.39 is 15.4 Å². The molecule has 0 aliphatic carbocycles. The van der Waals surface area contributed by atoms with Crippen LogP contribution in [0.1, 0.15) is 13.8 Å². The Hall–Kier alpha value is -1.09. The lowest BCUT2D eigenvalue weighted by molar-refractivity contribution is 0.479. The van der Waals surface area contributed by atoms with Crippen molar-refractivity contribution in [3.05, 3.63) is 29.3 Å². The van der Waals surface area contributed by atoms with Gasteiger partial charge in [0.25, 0.3) is 0 Å². The molecule has 0 aliphatic rings. The van der Waals surface area contributed by atoms with Crippen molar-refractivity contribution in [1.29, 1.82) is 5.26 Å². The van der Waals surface area contributed by atoms with Crippen LogP contribution in [-0.2, 0) is 10.0 Å². The number of hydrogen-bond acceptors (Lipinski definition) is 3. The molecular formula is C11H13ClN2O2S. The van der Waals surface area contributed by atoms with Gasteiger partial charge in [-0.15, -0.1) is 0 Å². The first kappa shape index (κ1) is 14.0. The number of nitrogens with zero attached hydrogens (tertiary/aromatic N) is 1. The highest BCUT2D eigenvalue weighted by atomic mass is 35.5. The lowest BCUT2D eigenvalue weighted by Gasteiger charge is -2.16. The molecule has 6 heteroatoms. The summed E-state index contributed by atoms with van der Waals surface area (Å²) in [4.78, 5) is 0.0235. The Kier molecular flexibility index (Phi) is 4.15. The smallest absolute Gasteiger partial charge is 0.210 e. The first-order valence-electron chi connectivity index (χ1n) is 4.94. The van der Waals surface area contributed by atoms with Gasteiger partial charge in [0.05, 0.1) is 16.5 Å². The summed E-state index contributed by atoms with van der Waals surface area (Å²) in [6.45, 7) is 3.35. The molecule has 4 nitrogen and oxygen atoms in total. The van der Waals surface area contributed by atoms with E-state index in [0.717, 1.165) is 0 Å². The van der Waals surface area contributed by atoms with Crippen LogP contribution in [0.5, 0.6) is 0 Å². The fraction of sp³-hybridized carbons (Fsp3) is 0.364. The molecule has 1 aromatic rings. The lowest BCUT2D eigenvalue weighted by atomic mass is 9.97. The molecular weight excluding hydrogens is 260 g/mol. The van der Waals surface area contributed by atoms with Gasteiger partial charge in [-0.2, -0.15) is 5.26 Å². The van der Waals surface area contributed by atoms with Crippen molar-refractivity contribution in [3.63, 3.8) is 0 Å². The predicted octanol–water partition coefficient (Wildman–Crippen LogP) is 2.17. The van der Waals surface area contributed by atoms with Gasteiger partial charge in [-0.05, 0) is 26.0 Å². The minimum atomic E-state index is -3.67. The predicted molar refractivity (Wildman–Crippen MR) is 66.0 cm³/mol. The molecule has 0 atom stereocenters. The minimum absolute atomic E-state index is 0.0235. The van der Waals surface area contributed by atoms with Crippen molar-refractivity contribution < 1.29 is 8.42 Å². The maximum Gasteiger partial charge on any atom is 0.242 e. The van der Waals surface area contributed by atoms with Crippen LogP contribution in [0.4, 0.5) is 0 Å². The van der Waals surface area contributed by atoms with Gasteiger partial charge in [-0.1, -0.05) is 23.7 Å². The van der Waals surface area contributed by atoms with Gasteiger partial charge < -0.3 is 0 Å². The summed E-state index contributed by atoms with van der Waals surface area (Å²) in [6.07, 6.45) is 0. The molecule has 1 rings (SSSR count). The second-order valence-corrected chi connectivity index (χ2v) is 6.39. The molecule has 0 radical (unpaired) electrons. The topological polar surface area (TPSA) is 70.0 Å². The molecule has 0 fully saturated rings. The van der Waals surface area contributed by atoms with E-state index in [1.165, 1.54) is 12.1 Å². The fourth-order valence-electron chi connectivity index (χ4n) is 1.06. The lowest BCUT2D eigenvalue weighted by Crippen LogP contribution is -2.33. The largest absolute Gasteiger partial charge is 0.242 e. The zero-order valence-electron chi connectivity index (χ0n) is 9.57. The van der Waals surface area contributed by atoms with E-state index in [0.29, 0.717) is 0 Å². The molecule has 0 bridgehead atoms. The third kappa shape index (κ3) is 3.70. The van der Waals surface area contributed by atoms with Crippen LogP contribution in [0.25, 0.3) is 0 Å². The number of halogens is 1. The van der Waals surface area contributed by atoms with E-state index in [1.807, 2.05) is 6.07 Å². The molecule has 0 unspecified atom stereocenters. The average molecular weight is 273 g/mol. The van der Waals surface area contributed by atoms with Gasteiger partial charge in [0, 0.05) is 6.54 Å². The number of rotatable bonds is 4. The molecule has 0 heterocycles. The van der Waals surface area contributed by atoms with Crippen LogP contribution >= 0.6 is 11.6 Å². The minimum Gasteiger partial charge on any atom is -0.210 e. The summed E-state index contributed by atoms with van der Waals surface area (Å²) in [5.41, 5.74) is -0.756. The maximum absolute atomic E-state index is 11.9. The summed E-state index contributed by atoms with van der Waals surface area (Å²) >= 11 is 5.81. The molecule has 0 spiro atoms. The van der Waals surface area contributed by atoms with Crippen LogP contribution in [0.15, 0.2) is 29.2 Å². The molecule has 0 amide bonds. The Balaban J connectivity index is 2.92. The fourth-order valence-corrected chi connectivity index (χ4v) is 2.78. The molecule has 0 aromatic heterocycles. The number of nitriles is 1. The van der Waals surface area contributed by atoms with Gasteiger partial charge >= 0.3 is 0 Å².